The van der Waals surface area contributed by atoms with Crippen LogP contribution in [0.15, 0.2) is 6.07 Å². The van der Waals surface area contributed by atoms with Crippen LogP contribution in [0.3, 0.4) is 0 Å². The molecule has 10 heavy (non-hydrogen) atoms. The van der Waals surface area contributed by atoms with Gasteiger partial charge >= 0.3 is 76.0 Å². The second kappa shape index (κ2) is 3.25. The van der Waals surface area contributed by atoms with Crippen molar-refractivity contribution < 1.29 is 4.79 Å². The second-order valence-electron chi connectivity index (χ2n) is 1.64. The van der Waals surface area contributed by atoms with E-state index in [4.69, 9.17) is 12.2 Å². The molecule has 0 saturated heterocycles. The normalized spacial score (nSPS) is 9.30. The molecule has 5 heteroatoms. The molecule has 0 unspecified atom stereocenters. The Labute approximate surface area is 76.0 Å². The van der Waals surface area contributed by atoms with Gasteiger partial charge in [0.2, 0.25) is 0 Å². The molecule has 1 aromatic heterocycles. The zero-order chi connectivity index (χ0) is 7.56. The van der Waals surface area contributed by atoms with Crippen molar-refractivity contribution in [3.8, 4) is 0 Å². The van der Waals surface area contributed by atoms with Crippen LogP contribution in [-0.2, 0) is 0 Å². The van der Waals surface area contributed by atoms with Gasteiger partial charge in [0.25, 0.3) is 0 Å². The fraction of sp³-hybridized carbons (Fsp3) is 0. The Morgan fingerprint density at radius 1 is 1.80 bits per heavy atom. The van der Waals surface area contributed by atoms with Gasteiger partial charge in [-0.05, 0) is 0 Å². The average molecular weight is 258 g/mol. The van der Waals surface area contributed by atoms with Gasteiger partial charge < -0.3 is 0 Å². The molecule has 0 fully saturated rings. The third kappa shape index (κ3) is 1.88. The number of carbonyl (C=O) groups excluding carboxylic acids is 1. The Morgan fingerprint density at radius 2 is 2.50 bits per heavy atom. The van der Waals surface area contributed by atoms with Crippen LogP contribution in [0.5, 0.6) is 0 Å². The zero-order valence-corrected chi connectivity index (χ0v) is 8.59. The van der Waals surface area contributed by atoms with E-state index in [9.17, 15) is 4.79 Å². The molecule has 3 radical (unpaired) electrons. The molecular formula is C5H3N2OSSn. The van der Waals surface area contributed by atoms with Crippen LogP contribution in [0.1, 0.15) is 10.5 Å². The molecule has 0 atom stereocenters. The van der Waals surface area contributed by atoms with Crippen LogP contribution in [-0.4, -0.2) is 38.8 Å². The summed E-state index contributed by atoms with van der Waals surface area (Å²) in [6.07, 6.45) is 0.692. The maximum atomic E-state index is 10.2. The van der Waals surface area contributed by atoms with Crippen molar-refractivity contribution >= 4 is 44.7 Å². The van der Waals surface area contributed by atoms with E-state index in [-0.39, 0.29) is 0 Å². The number of hydrogen-bond acceptors (Lipinski definition) is 3. The van der Waals surface area contributed by atoms with Gasteiger partial charge in [-0.3, -0.25) is 0 Å². The molecule has 0 spiro atoms. The standard InChI is InChI=1S/C5H3N2OS.Sn/c8-3-4-1-2-6-5(9)7-4;/h1,3H,(H,6,7,9);. The SMILES string of the molecule is O=Cc1c[c]([Sn])[nH]c(=S)n1. The fourth-order valence-electron chi connectivity index (χ4n) is 0.537. The number of aromatic amines is 1. The van der Waals surface area contributed by atoms with Crippen LogP contribution in [0.2, 0.25) is 0 Å². The molecule has 0 saturated carbocycles. The minimum atomic E-state index is 0.372. The van der Waals surface area contributed by atoms with E-state index >= 15 is 0 Å². The van der Waals surface area contributed by atoms with Crippen LogP contribution in [0.25, 0.3) is 0 Å². The van der Waals surface area contributed by atoms with Gasteiger partial charge in [0, 0.05) is 0 Å². The summed E-state index contributed by atoms with van der Waals surface area (Å²) in [5.41, 5.74) is 0.399. The summed E-state index contributed by atoms with van der Waals surface area (Å²) >= 11 is 5.94. The van der Waals surface area contributed by atoms with E-state index in [2.05, 4.69) is 9.97 Å². The van der Waals surface area contributed by atoms with Crippen LogP contribution >= 0.6 is 12.2 Å². The molecule has 0 aliphatic rings. The fourth-order valence-corrected chi connectivity index (χ4v) is 1.77. The molecule has 0 aliphatic heterocycles. The zero-order valence-electron chi connectivity index (χ0n) is 4.92. The first kappa shape index (κ1) is 7.87. The number of hydrogen-bond donors (Lipinski definition) is 1. The van der Waals surface area contributed by atoms with E-state index in [1.54, 1.807) is 6.07 Å². The topological polar surface area (TPSA) is 45.8 Å². The van der Waals surface area contributed by atoms with Crippen molar-refractivity contribution in [2.75, 3.05) is 0 Å². The Bertz CT molecular complexity index is 309. The number of nitrogens with one attached hydrogen (secondary N) is 1. The van der Waals surface area contributed by atoms with Crippen molar-refractivity contribution in [2.24, 2.45) is 0 Å². The molecule has 1 aromatic rings. The van der Waals surface area contributed by atoms with Crippen LogP contribution in [0, 0.1) is 4.77 Å². The van der Waals surface area contributed by atoms with Crippen molar-refractivity contribution in [3.05, 3.63) is 16.5 Å². The average Bonchev–Trinajstić information content (AvgIpc) is 1.85. The van der Waals surface area contributed by atoms with Crippen LogP contribution < -0.4 is 3.71 Å². The number of rotatable bonds is 1. The van der Waals surface area contributed by atoms with Gasteiger partial charge in [-0.2, -0.15) is 0 Å². The van der Waals surface area contributed by atoms with Gasteiger partial charge in [0.1, 0.15) is 0 Å². The first-order valence-corrected chi connectivity index (χ1v) is 4.34. The van der Waals surface area contributed by atoms with Crippen molar-refractivity contribution in [2.45, 2.75) is 0 Å². The molecular weight excluding hydrogens is 255 g/mol. The van der Waals surface area contributed by atoms with Gasteiger partial charge in [-0.15, -0.1) is 0 Å². The molecule has 0 amide bonds. The van der Waals surface area contributed by atoms with E-state index in [0.717, 1.165) is 3.71 Å². The van der Waals surface area contributed by atoms with E-state index in [1.807, 2.05) is 0 Å². The maximum absolute atomic E-state index is 10.2. The van der Waals surface area contributed by atoms with Gasteiger partial charge in [0.15, 0.2) is 0 Å². The van der Waals surface area contributed by atoms with Crippen molar-refractivity contribution in [1.82, 2.24) is 9.97 Å². The van der Waals surface area contributed by atoms with Gasteiger partial charge in [-0.1, -0.05) is 0 Å². The first-order chi connectivity index (χ1) is 4.72. The predicted octanol–water partition coefficient (Wildman–Crippen LogP) is -0.255. The molecule has 1 heterocycles. The Kier molecular flexibility index (Phi) is 2.55. The number of nitrogens with zero attached hydrogens (tertiary/aromatic N) is 1. The first-order valence-electron chi connectivity index (χ1n) is 2.50. The third-order valence-corrected chi connectivity index (χ3v) is 1.85. The second-order valence-corrected chi connectivity index (χ2v) is 3.57. The molecule has 1 N–H and O–H groups in total. The van der Waals surface area contributed by atoms with Gasteiger partial charge in [-0.25, -0.2) is 0 Å². The monoisotopic (exact) mass is 259 g/mol. The molecule has 0 aromatic carbocycles. The number of aromatic nitrogens is 2. The van der Waals surface area contributed by atoms with Crippen LogP contribution in [0.4, 0.5) is 0 Å². The summed E-state index contributed by atoms with van der Waals surface area (Å²) in [4.78, 5) is 16.8. The number of aldehydes is 1. The van der Waals surface area contributed by atoms with Gasteiger partial charge in [0.05, 0.1) is 0 Å². The van der Waals surface area contributed by atoms with Crippen molar-refractivity contribution in [3.63, 3.8) is 0 Å². The summed E-state index contributed by atoms with van der Waals surface area (Å²) in [6.45, 7) is 0. The summed E-state index contributed by atoms with van der Waals surface area (Å²) in [6, 6.07) is 1.68. The van der Waals surface area contributed by atoms with E-state index in [0.29, 0.717) is 16.8 Å². The molecule has 3 nitrogen and oxygen atoms in total. The number of carbonyl (C=O) groups is 1. The Balaban J connectivity index is 3.32. The number of H-pyrrole nitrogens is 1. The van der Waals surface area contributed by atoms with Crippen molar-refractivity contribution in [1.29, 1.82) is 0 Å². The molecule has 49 valence electrons. The molecule has 0 aliphatic carbocycles. The summed E-state index contributed by atoms with van der Waals surface area (Å²) in [5.74, 6) is 0. The summed E-state index contributed by atoms with van der Waals surface area (Å²) < 4.78 is 1.31. The Hall–Kier alpha value is -0.231. The quantitative estimate of drug-likeness (QED) is 0.429. The molecule has 0 bridgehead atoms. The van der Waals surface area contributed by atoms with E-state index < -0.39 is 0 Å². The summed E-state index contributed by atoms with van der Waals surface area (Å²) in [7, 11) is 0. The predicted molar refractivity (Wildman–Crippen MR) is 40.2 cm³/mol. The molecule has 1 rings (SSSR count). The minimum absolute atomic E-state index is 0.372. The Morgan fingerprint density at radius 3 is 3.00 bits per heavy atom. The third-order valence-electron chi connectivity index (χ3n) is 0.885. The summed E-state index contributed by atoms with van der Waals surface area (Å²) in [5, 5.41) is 0. The van der Waals surface area contributed by atoms with E-state index in [1.165, 1.54) is 22.5 Å².